The van der Waals surface area contributed by atoms with Crippen molar-refractivity contribution in [2.75, 3.05) is 32.9 Å². The minimum absolute atomic E-state index is 0.0833. The van der Waals surface area contributed by atoms with E-state index in [0.29, 0.717) is 31.7 Å². The Hall–Kier alpha value is -0.410. The number of ether oxygens (including phenoxy) is 3. The highest BCUT2D eigenvalue weighted by Crippen LogP contribution is 2.42. The highest BCUT2D eigenvalue weighted by Gasteiger charge is 2.56. The predicted molar refractivity (Wildman–Crippen MR) is 110 cm³/mol. The van der Waals surface area contributed by atoms with E-state index >= 15 is 0 Å². The molecule has 178 valence electrons. The summed E-state index contributed by atoms with van der Waals surface area (Å²) in [7, 11) is 0. The Morgan fingerprint density at radius 3 is 2.45 bits per heavy atom. The number of hydrogen-bond acceptors (Lipinski definition) is 5. The molecule has 8 heteroatoms. The van der Waals surface area contributed by atoms with E-state index in [1.54, 1.807) is 0 Å². The Balaban J connectivity index is 1.34. The lowest BCUT2D eigenvalue weighted by atomic mass is 9.71. The smallest absolute Gasteiger partial charge is 0.377 e. The van der Waals surface area contributed by atoms with Crippen LogP contribution in [0.4, 0.5) is 13.2 Å². The third-order valence-electron chi connectivity index (χ3n) is 8.65. The van der Waals surface area contributed by atoms with Gasteiger partial charge in [0.2, 0.25) is 6.23 Å². The second-order valence-corrected chi connectivity index (χ2v) is 10.4. The molecule has 5 atom stereocenters. The lowest BCUT2D eigenvalue weighted by Gasteiger charge is -2.48. The zero-order valence-electron chi connectivity index (χ0n) is 18.4. The molecule has 4 unspecified atom stereocenters. The monoisotopic (exact) mass is 446 g/mol. The SMILES string of the molecule is FC(F)(F)C1N[C@]2(CCCN3CCOC4CCCCC4C4CCC(CC4)OCC32)CO1. The quantitative estimate of drug-likeness (QED) is 0.612. The summed E-state index contributed by atoms with van der Waals surface area (Å²) in [6.07, 6.45) is 5.30. The molecule has 0 amide bonds. The molecular weight excluding hydrogens is 409 g/mol. The number of piperidine rings is 1. The standard InChI is InChI=1S/C23H37F3N2O3/c24-23(25,26)21-27-22(15-31-21)10-3-11-28-12-13-29-19-5-2-1-4-18(19)16-6-8-17(9-7-16)30-14-20(22)28/h16-21,27H,1-15H2/t16?,17?,18?,19?,20?,21?,22-/m1/s1. The molecule has 4 heterocycles. The van der Waals surface area contributed by atoms with E-state index in [4.69, 9.17) is 14.2 Å². The molecule has 31 heavy (non-hydrogen) atoms. The fourth-order valence-electron chi connectivity index (χ4n) is 7.00. The minimum Gasteiger partial charge on any atom is -0.377 e. The number of alkyl halides is 3. The topological polar surface area (TPSA) is 43.0 Å². The molecule has 1 spiro atoms. The van der Waals surface area contributed by atoms with Gasteiger partial charge in [0.05, 0.1) is 43.6 Å². The van der Waals surface area contributed by atoms with Crippen LogP contribution in [0.15, 0.2) is 0 Å². The van der Waals surface area contributed by atoms with Gasteiger partial charge >= 0.3 is 6.18 Å². The van der Waals surface area contributed by atoms with Crippen molar-refractivity contribution in [3.05, 3.63) is 0 Å². The largest absolute Gasteiger partial charge is 0.428 e. The van der Waals surface area contributed by atoms with Gasteiger partial charge in [0.25, 0.3) is 0 Å². The zero-order chi connectivity index (χ0) is 21.5. The second-order valence-electron chi connectivity index (χ2n) is 10.4. The van der Waals surface area contributed by atoms with Crippen LogP contribution in [0.25, 0.3) is 0 Å². The van der Waals surface area contributed by atoms with Crippen LogP contribution in [-0.4, -0.2) is 74.0 Å². The summed E-state index contributed by atoms with van der Waals surface area (Å²) >= 11 is 0. The van der Waals surface area contributed by atoms with Crippen molar-refractivity contribution >= 4 is 0 Å². The number of halogens is 3. The first-order valence-electron chi connectivity index (χ1n) is 12.4. The summed E-state index contributed by atoms with van der Waals surface area (Å²) in [4.78, 5) is 2.31. The third kappa shape index (κ3) is 4.65. The molecule has 0 aromatic heterocycles. The molecule has 0 aromatic carbocycles. The molecule has 6 aliphatic rings. The van der Waals surface area contributed by atoms with Gasteiger partial charge in [-0.05, 0) is 69.7 Å². The van der Waals surface area contributed by atoms with Gasteiger partial charge < -0.3 is 14.2 Å². The first kappa shape index (κ1) is 22.4. The van der Waals surface area contributed by atoms with Gasteiger partial charge in [-0.3, -0.25) is 10.2 Å². The highest BCUT2D eigenvalue weighted by molar-refractivity contribution is 5.07. The molecule has 0 radical (unpaired) electrons. The molecule has 0 aromatic rings. The second kappa shape index (κ2) is 9.09. The summed E-state index contributed by atoms with van der Waals surface area (Å²) in [5.74, 6) is 1.40. The van der Waals surface area contributed by atoms with Crippen LogP contribution in [0.3, 0.4) is 0 Å². The maximum Gasteiger partial charge on any atom is 0.428 e. The van der Waals surface area contributed by atoms with Crippen molar-refractivity contribution in [2.24, 2.45) is 11.8 Å². The number of fused-ring (bicyclic) bond motifs is 5. The molecule has 1 N–H and O–H groups in total. The van der Waals surface area contributed by atoms with Gasteiger partial charge in [0.15, 0.2) is 0 Å². The van der Waals surface area contributed by atoms with Crippen LogP contribution in [-0.2, 0) is 14.2 Å². The molecule has 4 aliphatic heterocycles. The molecule has 2 aliphatic carbocycles. The van der Waals surface area contributed by atoms with Crippen LogP contribution in [0.2, 0.25) is 0 Å². The number of nitrogens with one attached hydrogen (secondary N) is 1. The van der Waals surface area contributed by atoms with E-state index in [-0.39, 0.29) is 18.8 Å². The van der Waals surface area contributed by atoms with Crippen molar-refractivity contribution < 1.29 is 27.4 Å². The van der Waals surface area contributed by atoms with E-state index in [2.05, 4.69) is 10.2 Å². The van der Waals surface area contributed by atoms with Crippen molar-refractivity contribution in [1.29, 1.82) is 0 Å². The van der Waals surface area contributed by atoms with Crippen LogP contribution >= 0.6 is 0 Å². The highest BCUT2D eigenvalue weighted by atomic mass is 19.4. The Bertz CT molecular complexity index is 613. The minimum atomic E-state index is -4.40. The fraction of sp³-hybridized carbons (Fsp3) is 1.00. The predicted octanol–water partition coefficient (Wildman–Crippen LogP) is 3.86. The fourth-order valence-corrected chi connectivity index (χ4v) is 7.00. The summed E-state index contributed by atoms with van der Waals surface area (Å²) in [6, 6.07) is -0.127. The molecule has 2 bridgehead atoms. The summed E-state index contributed by atoms with van der Waals surface area (Å²) < 4.78 is 58.2. The van der Waals surface area contributed by atoms with E-state index in [0.717, 1.165) is 44.7 Å². The molecular formula is C23H37F3N2O3. The van der Waals surface area contributed by atoms with Crippen molar-refractivity contribution in [3.63, 3.8) is 0 Å². The molecule has 5 nitrogen and oxygen atoms in total. The summed E-state index contributed by atoms with van der Waals surface area (Å²) in [5.41, 5.74) is -0.705. The average molecular weight is 447 g/mol. The Morgan fingerprint density at radius 1 is 0.871 bits per heavy atom. The first-order chi connectivity index (χ1) is 14.9. The Morgan fingerprint density at radius 2 is 1.68 bits per heavy atom. The number of hydrogen-bond donors (Lipinski definition) is 1. The van der Waals surface area contributed by atoms with Gasteiger partial charge in [0.1, 0.15) is 0 Å². The van der Waals surface area contributed by atoms with Gasteiger partial charge in [-0.25, -0.2) is 0 Å². The van der Waals surface area contributed by atoms with E-state index in [1.165, 1.54) is 32.1 Å². The van der Waals surface area contributed by atoms with Crippen LogP contribution in [0.1, 0.15) is 64.2 Å². The Kier molecular flexibility index (Phi) is 6.56. The normalized spacial score (nSPS) is 45.4. The summed E-state index contributed by atoms with van der Waals surface area (Å²) in [5, 5.41) is 2.85. The van der Waals surface area contributed by atoms with Crippen molar-refractivity contribution in [3.8, 4) is 0 Å². The first-order valence-corrected chi connectivity index (χ1v) is 12.4. The van der Waals surface area contributed by atoms with Gasteiger partial charge in [-0.1, -0.05) is 12.8 Å². The maximum atomic E-state index is 13.4. The number of rotatable bonds is 0. The molecule has 6 rings (SSSR count). The van der Waals surface area contributed by atoms with E-state index in [1.807, 2.05) is 0 Å². The summed E-state index contributed by atoms with van der Waals surface area (Å²) in [6.45, 7) is 2.81. The Labute approximate surface area is 183 Å². The third-order valence-corrected chi connectivity index (χ3v) is 8.65. The van der Waals surface area contributed by atoms with Crippen LogP contribution in [0, 0.1) is 11.8 Å². The zero-order valence-corrected chi connectivity index (χ0v) is 18.4. The molecule has 4 saturated heterocycles. The molecule has 6 fully saturated rings. The average Bonchev–Trinajstić information content (AvgIpc) is 3.19. The van der Waals surface area contributed by atoms with Crippen molar-refractivity contribution in [1.82, 2.24) is 10.2 Å². The lowest BCUT2D eigenvalue weighted by molar-refractivity contribution is -0.212. The van der Waals surface area contributed by atoms with E-state index < -0.39 is 17.9 Å². The van der Waals surface area contributed by atoms with E-state index in [9.17, 15) is 13.2 Å². The van der Waals surface area contributed by atoms with Crippen LogP contribution in [0.5, 0.6) is 0 Å². The molecule has 2 saturated carbocycles. The van der Waals surface area contributed by atoms with Crippen LogP contribution < -0.4 is 5.32 Å². The number of nitrogens with zero attached hydrogens (tertiary/aromatic N) is 1. The van der Waals surface area contributed by atoms with Gasteiger partial charge in [-0.15, -0.1) is 0 Å². The van der Waals surface area contributed by atoms with Crippen molar-refractivity contribution in [2.45, 2.75) is 100 Å². The van der Waals surface area contributed by atoms with Gasteiger partial charge in [-0.2, -0.15) is 13.2 Å². The maximum absolute atomic E-state index is 13.4. The van der Waals surface area contributed by atoms with Gasteiger partial charge in [0, 0.05) is 6.54 Å². The lowest BCUT2D eigenvalue weighted by Crippen LogP contribution is -2.66.